The summed E-state index contributed by atoms with van der Waals surface area (Å²) in [6, 6.07) is 3.73. The van der Waals surface area contributed by atoms with E-state index in [1.807, 2.05) is 0 Å². The van der Waals surface area contributed by atoms with E-state index in [0.717, 1.165) is 0 Å². The summed E-state index contributed by atoms with van der Waals surface area (Å²) >= 11 is 0. The molecule has 0 aromatic heterocycles. The molecular formula is C19H23NO9. The average molecular weight is 409 g/mol. The van der Waals surface area contributed by atoms with Gasteiger partial charge in [0.15, 0.2) is 0 Å². The summed E-state index contributed by atoms with van der Waals surface area (Å²) in [6.07, 6.45) is -0.586. The van der Waals surface area contributed by atoms with E-state index in [1.54, 1.807) is 6.92 Å². The summed E-state index contributed by atoms with van der Waals surface area (Å²) in [5, 5.41) is 11.7. The summed E-state index contributed by atoms with van der Waals surface area (Å²) in [6.45, 7) is 4.27. The van der Waals surface area contributed by atoms with Crippen molar-refractivity contribution < 1.29 is 43.3 Å². The zero-order valence-electron chi connectivity index (χ0n) is 16.3. The van der Waals surface area contributed by atoms with Crippen LogP contribution in [0.1, 0.15) is 37.6 Å². The van der Waals surface area contributed by atoms with Gasteiger partial charge < -0.3 is 24.6 Å². The van der Waals surface area contributed by atoms with E-state index in [-0.39, 0.29) is 24.5 Å². The highest BCUT2D eigenvalue weighted by Crippen LogP contribution is 2.17. The van der Waals surface area contributed by atoms with Crippen molar-refractivity contribution in [3.05, 3.63) is 29.8 Å². The van der Waals surface area contributed by atoms with Gasteiger partial charge in [-0.25, -0.2) is 4.79 Å². The molecule has 158 valence electrons. The predicted octanol–water partition coefficient (Wildman–Crippen LogP) is 0.927. The summed E-state index contributed by atoms with van der Waals surface area (Å²) in [4.78, 5) is 59.3. The van der Waals surface area contributed by atoms with Crippen LogP contribution in [0.5, 0.6) is 5.75 Å². The molecule has 0 aliphatic heterocycles. The highest BCUT2D eigenvalue weighted by molar-refractivity contribution is 5.98. The Kier molecular flexibility index (Phi) is 9.30. The second kappa shape index (κ2) is 11.4. The van der Waals surface area contributed by atoms with Crippen LogP contribution in [0.25, 0.3) is 0 Å². The topological polar surface area (TPSA) is 145 Å². The van der Waals surface area contributed by atoms with Gasteiger partial charge in [0.2, 0.25) is 0 Å². The van der Waals surface area contributed by atoms with E-state index in [4.69, 9.17) is 14.2 Å². The van der Waals surface area contributed by atoms with Gasteiger partial charge in [-0.05, 0) is 32.0 Å². The van der Waals surface area contributed by atoms with Crippen LogP contribution in [0.15, 0.2) is 24.3 Å². The molecular weight excluding hydrogens is 386 g/mol. The minimum atomic E-state index is -1.75. The number of carbonyl (C=O) groups excluding carboxylic acids is 4. The lowest BCUT2D eigenvalue weighted by Gasteiger charge is -2.23. The van der Waals surface area contributed by atoms with E-state index >= 15 is 0 Å². The van der Waals surface area contributed by atoms with Gasteiger partial charge >= 0.3 is 23.9 Å². The van der Waals surface area contributed by atoms with Gasteiger partial charge in [-0.2, -0.15) is 0 Å². The Labute approximate surface area is 167 Å². The molecule has 1 amide bonds. The molecule has 0 fully saturated rings. The molecule has 2 N–H and O–H groups in total. The van der Waals surface area contributed by atoms with E-state index < -0.39 is 48.2 Å². The SMILES string of the molecule is CCOC(=O)C[C@H](C(=O)OCC)[C@@H](NC(=O)c1cccc(OC(C)=O)c1)C(=O)O. The fourth-order valence-electron chi connectivity index (χ4n) is 2.41. The standard InChI is InChI=1S/C19H23NO9/c1-4-27-15(22)10-14(19(26)28-5-2)16(18(24)25)20-17(23)12-7-6-8-13(9-12)29-11(3)21/h6-9,14,16H,4-5,10H2,1-3H3,(H,20,23)(H,24,25)/t14-,16+/m0/s1. The van der Waals surface area contributed by atoms with Crippen molar-refractivity contribution >= 4 is 29.8 Å². The van der Waals surface area contributed by atoms with Crippen molar-refractivity contribution in [1.29, 1.82) is 0 Å². The van der Waals surface area contributed by atoms with Crippen molar-refractivity contribution in [3.63, 3.8) is 0 Å². The summed E-state index contributed by atoms with van der Waals surface area (Å²) in [7, 11) is 0. The maximum absolute atomic E-state index is 12.5. The molecule has 0 spiro atoms. The quantitative estimate of drug-likeness (QED) is 0.425. The number of hydrogen-bond acceptors (Lipinski definition) is 8. The zero-order chi connectivity index (χ0) is 22.0. The summed E-state index contributed by atoms with van der Waals surface area (Å²) in [5.74, 6) is -6.13. The molecule has 1 aromatic rings. The van der Waals surface area contributed by atoms with Crippen LogP contribution < -0.4 is 10.1 Å². The van der Waals surface area contributed by atoms with E-state index in [2.05, 4.69) is 5.32 Å². The third-order valence-electron chi connectivity index (χ3n) is 3.59. The third-order valence-corrected chi connectivity index (χ3v) is 3.59. The number of esters is 3. The van der Waals surface area contributed by atoms with E-state index in [9.17, 15) is 29.1 Å². The van der Waals surface area contributed by atoms with Crippen molar-refractivity contribution in [3.8, 4) is 5.75 Å². The first-order valence-electron chi connectivity index (χ1n) is 8.83. The largest absolute Gasteiger partial charge is 0.480 e. The van der Waals surface area contributed by atoms with Gasteiger partial charge in [0.1, 0.15) is 11.8 Å². The number of carboxylic acids is 1. The molecule has 0 saturated carbocycles. The van der Waals surface area contributed by atoms with Crippen molar-refractivity contribution in [2.45, 2.75) is 33.2 Å². The van der Waals surface area contributed by atoms with Crippen LogP contribution in [0, 0.1) is 5.92 Å². The Morgan fingerprint density at radius 2 is 1.72 bits per heavy atom. The highest BCUT2D eigenvalue weighted by Gasteiger charge is 2.38. The molecule has 2 atom stereocenters. The number of hydrogen-bond donors (Lipinski definition) is 2. The molecule has 29 heavy (non-hydrogen) atoms. The summed E-state index contributed by atoms with van der Waals surface area (Å²) in [5.41, 5.74) is -0.00579. The molecule has 0 aliphatic carbocycles. The number of benzene rings is 1. The van der Waals surface area contributed by atoms with Crippen molar-refractivity contribution in [2.24, 2.45) is 5.92 Å². The first-order chi connectivity index (χ1) is 13.7. The van der Waals surface area contributed by atoms with Gasteiger partial charge in [0, 0.05) is 12.5 Å². The first kappa shape index (κ1) is 23.6. The second-order valence-corrected chi connectivity index (χ2v) is 5.78. The van der Waals surface area contributed by atoms with Crippen LogP contribution in [0.3, 0.4) is 0 Å². The van der Waals surface area contributed by atoms with Gasteiger partial charge in [0.25, 0.3) is 5.91 Å². The predicted molar refractivity (Wildman–Crippen MR) is 98.0 cm³/mol. The van der Waals surface area contributed by atoms with Crippen LogP contribution in [-0.2, 0) is 28.7 Å². The van der Waals surface area contributed by atoms with Gasteiger partial charge in [0.05, 0.1) is 25.6 Å². The molecule has 0 aliphatic rings. The Morgan fingerprint density at radius 3 is 2.28 bits per heavy atom. The smallest absolute Gasteiger partial charge is 0.327 e. The fourth-order valence-corrected chi connectivity index (χ4v) is 2.41. The number of carbonyl (C=O) groups is 5. The number of aliphatic carboxylic acids is 1. The lowest BCUT2D eigenvalue weighted by molar-refractivity contribution is -0.159. The maximum Gasteiger partial charge on any atom is 0.327 e. The van der Waals surface area contributed by atoms with Crippen LogP contribution >= 0.6 is 0 Å². The fraction of sp³-hybridized carbons (Fsp3) is 0.421. The van der Waals surface area contributed by atoms with Gasteiger partial charge in [-0.3, -0.25) is 19.2 Å². The monoisotopic (exact) mass is 409 g/mol. The number of amides is 1. The Morgan fingerprint density at radius 1 is 1.07 bits per heavy atom. The molecule has 0 unspecified atom stereocenters. The molecule has 0 saturated heterocycles. The molecule has 0 radical (unpaired) electrons. The first-order valence-corrected chi connectivity index (χ1v) is 8.83. The number of rotatable bonds is 10. The van der Waals surface area contributed by atoms with Crippen LogP contribution in [0.2, 0.25) is 0 Å². The number of carboxylic acid groups (broad SMARTS) is 1. The number of ether oxygens (including phenoxy) is 3. The lowest BCUT2D eigenvalue weighted by Crippen LogP contribution is -2.49. The summed E-state index contributed by atoms with van der Waals surface area (Å²) < 4.78 is 14.5. The number of nitrogens with one attached hydrogen (secondary N) is 1. The second-order valence-electron chi connectivity index (χ2n) is 5.78. The zero-order valence-corrected chi connectivity index (χ0v) is 16.3. The maximum atomic E-state index is 12.5. The molecule has 10 nitrogen and oxygen atoms in total. The van der Waals surface area contributed by atoms with E-state index in [1.165, 1.54) is 38.1 Å². The van der Waals surface area contributed by atoms with Crippen LogP contribution in [-0.4, -0.2) is 54.1 Å². The molecule has 1 aromatic carbocycles. The van der Waals surface area contributed by atoms with Gasteiger partial charge in [-0.15, -0.1) is 0 Å². The Balaban J connectivity index is 3.09. The molecule has 1 rings (SSSR count). The third kappa shape index (κ3) is 7.60. The molecule has 10 heteroatoms. The Bertz CT molecular complexity index is 775. The minimum absolute atomic E-state index is 0.00579. The van der Waals surface area contributed by atoms with Crippen molar-refractivity contribution in [2.75, 3.05) is 13.2 Å². The lowest BCUT2D eigenvalue weighted by atomic mass is 9.95. The molecule has 0 heterocycles. The van der Waals surface area contributed by atoms with E-state index in [0.29, 0.717) is 0 Å². The average Bonchev–Trinajstić information content (AvgIpc) is 2.64. The Hall–Kier alpha value is -3.43. The van der Waals surface area contributed by atoms with Crippen LogP contribution in [0.4, 0.5) is 0 Å². The van der Waals surface area contributed by atoms with Crippen molar-refractivity contribution in [1.82, 2.24) is 5.32 Å². The molecule has 0 bridgehead atoms. The highest BCUT2D eigenvalue weighted by atomic mass is 16.5. The van der Waals surface area contributed by atoms with Gasteiger partial charge in [-0.1, -0.05) is 6.07 Å². The minimum Gasteiger partial charge on any atom is -0.480 e. The normalized spacial score (nSPS) is 12.2.